The maximum Gasteiger partial charge on any atom is 0.337 e. The van der Waals surface area contributed by atoms with Gasteiger partial charge in [-0.25, -0.2) is 14.6 Å². The number of anilines is 1. The number of rotatable bonds is 2. The van der Waals surface area contributed by atoms with Crippen LogP contribution in [0.25, 0.3) is 0 Å². The predicted octanol–water partition coefficient (Wildman–Crippen LogP) is 2.00. The number of urea groups is 1. The second kappa shape index (κ2) is 6.38. The molecule has 0 aromatic heterocycles. The average molecular weight is 289 g/mol. The van der Waals surface area contributed by atoms with Crippen molar-refractivity contribution in [3.05, 3.63) is 59.9 Å². The summed E-state index contributed by atoms with van der Waals surface area (Å²) in [5.41, 5.74) is 4.88. The Kier molecular flexibility index (Phi) is 4.35. The maximum absolute atomic E-state index is 12.7. The highest BCUT2D eigenvalue weighted by atomic mass is 19.1. The Bertz CT molecular complexity index is 659. The van der Waals surface area contributed by atoms with Gasteiger partial charge in [-0.15, -0.1) is 0 Å². The number of phenolic OH excluding ortho intramolecular Hbond substituents is 1. The highest BCUT2D eigenvalue weighted by Gasteiger charge is 2.07. The SMILES string of the molecule is O=C(NNC(=O)c1cccc(O)c1)Nc1ccc(F)cc1. The number of aromatic hydroxyl groups is 1. The van der Waals surface area contributed by atoms with E-state index in [1.807, 2.05) is 0 Å². The van der Waals surface area contributed by atoms with Crippen molar-refractivity contribution in [3.63, 3.8) is 0 Å². The van der Waals surface area contributed by atoms with E-state index in [4.69, 9.17) is 0 Å². The van der Waals surface area contributed by atoms with Crippen molar-refractivity contribution < 1.29 is 19.1 Å². The number of hydrazine groups is 1. The van der Waals surface area contributed by atoms with Crippen molar-refractivity contribution in [1.29, 1.82) is 0 Å². The van der Waals surface area contributed by atoms with Gasteiger partial charge < -0.3 is 10.4 Å². The highest BCUT2D eigenvalue weighted by molar-refractivity contribution is 5.97. The smallest absolute Gasteiger partial charge is 0.337 e. The highest BCUT2D eigenvalue weighted by Crippen LogP contribution is 2.10. The van der Waals surface area contributed by atoms with Crippen LogP contribution >= 0.6 is 0 Å². The fraction of sp³-hybridized carbons (Fsp3) is 0. The zero-order valence-corrected chi connectivity index (χ0v) is 10.8. The molecule has 0 fully saturated rings. The number of carbonyl (C=O) groups excluding carboxylic acids is 2. The molecule has 0 bridgehead atoms. The van der Waals surface area contributed by atoms with Gasteiger partial charge in [0.2, 0.25) is 0 Å². The Hall–Kier alpha value is -3.09. The minimum Gasteiger partial charge on any atom is -0.508 e. The summed E-state index contributed by atoms with van der Waals surface area (Å²) in [6, 6.07) is 10.1. The molecule has 3 amide bonds. The number of hydrogen-bond acceptors (Lipinski definition) is 3. The van der Waals surface area contributed by atoms with E-state index < -0.39 is 17.8 Å². The van der Waals surface area contributed by atoms with E-state index in [0.29, 0.717) is 5.69 Å². The van der Waals surface area contributed by atoms with Gasteiger partial charge in [0.15, 0.2) is 0 Å². The van der Waals surface area contributed by atoms with Gasteiger partial charge >= 0.3 is 6.03 Å². The van der Waals surface area contributed by atoms with Gasteiger partial charge in [-0.3, -0.25) is 10.2 Å². The molecule has 7 heteroatoms. The molecule has 0 heterocycles. The van der Waals surface area contributed by atoms with Crippen molar-refractivity contribution in [2.45, 2.75) is 0 Å². The number of halogens is 1. The molecule has 21 heavy (non-hydrogen) atoms. The largest absolute Gasteiger partial charge is 0.508 e. The third kappa shape index (κ3) is 4.20. The van der Waals surface area contributed by atoms with Crippen LogP contribution in [0.2, 0.25) is 0 Å². The van der Waals surface area contributed by atoms with Crippen LogP contribution in [0.5, 0.6) is 5.75 Å². The molecule has 0 saturated carbocycles. The van der Waals surface area contributed by atoms with E-state index in [1.54, 1.807) is 0 Å². The van der Waals surface area contributed by atoms with Crippen LogP contribution in [-0.2, 0) is 0 Å². The van der Waals surface area contributed by atoms with E-state index in [9.17, 15) is 19.1 Å². The molecule has 0 spiro atoms. The normalized spacial score (nSPS) is 9.76. The predicted molar refractivity (Wildman–Crippen MR) is 74.1 cm³/mol. The molecule has 2 aromatic rings. The zero-order chi connectivity index (χ0) is 15.2. The van der Waals surface area contributed by atoms with Crippen molar-refractivity contribution in [2.75, 3.05) is 5.32 Å². The Labute approximate surface area is 119 Å². The van der Waals surface area contributed by atoms with Gasteiger partial charge in [-0.1, -0.05) is 6.07 Å². The standard InChI is InChI=1S/C14H12FN3O3/c15-10-4-6-11(7-5-10)16-14(21)18-17-13(20)9-2-1-3-12(19)8-9/h1-8,19H,(H,17,20)(H2,16,18,21). The minimum atomic E-state index is -0.685. The summed E-state index contributed by atoms with van der Waals surface area (Å²) >= 11 is 0. The van der Waals surface area contributed by atoms with Crippen LogP contribution in [0.1, 0.15) is 10.4 Å². The summed E-state index contributed by atoms with van der Waals surface area (Å²) in [5, 5.41) is 11.7. The van der Waals surface area contributed by atoms with Crippen LogP contribution in [0, 0.1) is 5.82 Å². The lowest BCUT2D eigenvalue weighted by Gasteiger charge is -2.09. The molecular weight excluding hydrogens is 277 g/mol. The Balaban J connectivity index is 1.86. The maximum atomic E-state index is 12.7. The molecule has 0 aliphatic heterocycles. The fourth-order valence-electron chi connectivity index (χ4n) is 1.53. The third-order valence-electron chi connectivity index (χ3n) is 2.50. The first kappa shape index (κ1) is 14.3. The van der Waals surface area contributed by atoms with Crippen molar-refractivity contribution >= 4 is 17.6 Å². The Morgan fingerprint density at radius 2 is 1.71 bits per heavy atom. The molecule has 4 N–H and O–H groups in total. The molecule has 0 aliphatic rings. The lowest BCUT2D eigenvalue weighted by molar-refractivity contribution is 0.0937. The monoisotopic (exact) mass is 289 g/mol. The van der Waals surface area contributed by atoms with E-state index in [2.05, 4.69) is 16.2 Å². The molecule has 0 atom stereocenters. The van der Waals surface area contributed by atoms with Gasteiger partial charge in [0.25, 0.3) is 5.91 Å². The summed E-state index contributed by atoms with van der Waals surface area (Å²) in [7, 11) is 0. The first-order valence-corrected chi connectivity index (χ1v) is 5.96. The number of benzene rings is 2. The Morgan fingerprint density at radius 1 is 1.00 bits per heavy atom. The molecule has 6 nitrogen and oxygen atoms in total. The molecule has 2 rings (SSSR count). The quantitative estimate of drug-likeness (QED) is 0.637. The molecule has 0 aliphatic carbocycles. The molecule has 0 radical (unpaired) electrons. The number of hydrogen-bond donors (Lipinski definition) is 4. The van der Waals surface area contributed by atoms with Gasteiger partial charge in [0.05, 0.1) is 0 Å². The van der Waals surface area contributed by atoms with Crippen molar-refractivity contribution in [2.24, 2.45) is 0 Å². The first-order chi connectivity index (χ1) is 10.0. The van der Waals surface area contributed by atoms with Crippen molar-refractivity contribution in [1.82, 2.24) is 10.9 Å². The minimum absolute atomic E-state index is 0.0570. The van der Waals surface area contributed by atoms with Crippen LogP contribution < -0.4 is 16.2 Å². The summed E-state index contributed by atoms with van der Waals surface area (Å²) in [6.07, 6.45) is 0. The van der Waals surface area contributed by atoms with Crippen molar-refractivity contribution in [3.8, 4) is 5.75 Å². The topological polar surface area (TPSA) is 90.5 Å². The molecule has 2 aromatic carbocycles. The lowest BCUT2D eigenvalue weighted by atomic mass is 10.2. The lowest BCUT2D eigenvalue weighted by Crippen LogP contribution is -2.43. The molecule has 0 saturated heterocycles. The second-order valence-electron chi connectivity index (χ2n) is 4.09. The number of phenols is 1. The Morgan fingerprint density at radius 3 is 2.38 bits per heavy atom. The van der Waals surface area contributed by atoms with Gasteiger partial charge in [-0.05, 0) is 42.5 Å². The first-order valence-electron chi connectivity index (χ1n) is 5.96. The number of nitrogens with one attached hydrogen (secondary N) is 3. The average Bonchev–Trinajstić information content (AvgIpc) is 2.47. The summed E-state index contributed by atoms with van der Waals surface area (Å²) in [5.74, 6) is -1.06. The van der Waals surface area contributed by atoms with Gasteiger partial charge in [-0.2, -0.15) is 0 Å². The fourth-order valence-corrected chi connectivity index (χ4v) is 1.53. The van der Waals surface area contributed by atoms with E-state index in [0.717, 1.165) is 0 Å². The van der Waals surface area contributed by atoms with Crippen LogP contribution in [0.3, 0.4) is 0 Å². The van der Waals surface area contributed by atoms with Crippen LogP contribution in [0.15, 0.2) is 48.5 Å². The van der Waals surface area contributed by atoms with E-state index in [1.165, 1.54) is 48.5 Å². The zero-order valence-electron chi connectivity index (χ0n) is 10.8. The van der Waals surface area contributed by atoms with E-state index >= 15 is 0 Å². The summed E-state index contributed by atoms with van der Waals surface area (Å²) in [4.78, 5) is 23.2. The van der Waals surface area contributed by atoms with Crippen LogP contribution in [0.4, 0.5) is 14.9 Å². The van der Waals surface area contributed by atoms with Gasteiger partial charge in [0.1, 0.15) is 11.6 Å². The summed E-state index contributed by atoms with van der Waals surface area (Å²) < 4.78 is 12.7. The van der Waals surface area contributed by atoms with Gasteiger partial charge in [0, 0.05) is 11.3 Å². The summed E-state index contributed by atoms with van der Waals surface area (Å²) in [6.45, 7) is 0. The number of carbonyl (C=O) groups is 2. The number of amides is 3. The third-order valence-corrected chi connectivity index (χ3v) is 2.50. The van der Waals surface area contributed by atoms with Crippen LogP contribution in [-0.4, -0.2) is 17.0 Å². The molecule has 0 unspecified atom stereocenters. The molecular formula is C14H12FN3O3. The van der Waals surface area contributed by atoms with E-state index in [-0.39, 0.29) is 11.3 Å². The second-order valence-corrected chi connectivity index (χ2v) is 4.09. The molecule has 108 valence electrons.